The number of aromatic hydroxyl groups is 1. The molecule has 2 aromatic heterocycles. The van der Waals surface area contributed by atoms with Gasteiger partial charge in [-0.05, 0) is 43.7 Å². The summed E-state index contributed by atoms with van der Waals surface area (Å²) in [5.41, 5.74) is 0.419. The number of hydrogen-bond donors (Lipinski definition) is 1. The molecule has 0 saturated carbocycles. The number of hydrogen-bond acceptors (Lipinski definition) is 7. The zero-order valence-electron chi connectivity index (χ0n) is 14.5. The molecule has 0 aliphatic carbocycles. The zero-order chi connectivity index (χ0) is 18.8. The summed E-state index contributed by atoms with van der Waals surface area (Å²) >= 11 is 5.92. The second kappa shape index (κ2) is 7.54. The van der Waals surface area contributed by atoms with Gasteiger partial charge in [-0.3, -0.25) is 9.69 Å². The van der Waals surface area contributed by atoms with Crippen LogP contribution >= 0.6 is 11.6 Å². The molecule has 27 heavy (non-hydrogen) atoms. The van der Waals surface area contributed by atoms with Gasteiger partial charge in [0.05, 0.1) is 12.5 Å². The van der Waals surface area contributed by atoms with Gasteiger partial charge in [0.2, 0.25) is 17.1 Å². The van der Waals surface area contributed by atoms with Gasteiger partial charge in [0.1, 0.15) is 12.0 Å². The van der Waals surface area contributed by atoms with Crippen molar-refractivity contribution in [3.8, 4) is 17.1 Å². The Labute approximate surface area is 160 Å². The first-order chi connectivity index (χ1) is 13.1. The standard InChI is InChI=1S/C19H18ClN3O4/c20-14-5-3-12(4-6-14)18-21-19(27-22-18)13-2-1-7-23(9-13)10-15-8-16(24)17(25)11-26-15/h3-6,8,11,13,25H,1-2,7,9-10H2. The van der Waals surface area contributed by atoms with Gasteiger partial charge in [0.25, 0.3) is 0 Å². The molecule has 1 saturated heterocycles. The largest absolute Gasteiger partial charge is 0.502 e. The van der Waals surface area contributed by atoms with E-state index in [9.17, 15) is 9.90 Å². The van der Waals surface area contributed by atoms with Crippen LogP contribution in [0.25, 0.3) is 11.4 Å². The first-order valence-electron chi connectivity index (χ1n) is 8.71. The lowest BCUT2D eigenvalue weighted by Crippen LogP contribution is -2.34. The van der Waals surface area contributed by atoms with Gasteiger partial charge in [-0.15, -0.1) is 0 Å². The van der Waals surface area contributed by atoms with E-state index >= 15 is 0 Å². The highest BCUT2D eigenvalue weighted by Gasteiger charge is 2.26. The van der Waals surface area contributed by atoms with Gasteiger partial charge in [-0.25, -0.2) is 0 Å². The fourth-order valence-electron chi connectivity index (χ4n) is 3.27. The van der Waals surface area contributed by atoms with Crippen LogP contribution < -0.4 is 5.43 Å². The van der Waals surface area contributed by atoms with Crippen molar-refractivity contribution in [2.45, 2.75) is 25.3 Å². The van der Waals surface area contributed by atoms with Crippen LogP contribution in [-0.4, -0.2) is 33.2 Å². The third kappa shape index (κ3) is 4.04. The molecule has 140 valence electrons. The third-order valence-electron chi connectivity index (χ3n) is 4.64. The molecule has 1 atom stereocenters. The normalized spacial score (nSPS) is 17.9. The van der Waals surface area contributed by atoms with Crippen LogP contribution in [0.15, 0.2) is 50.3 Å². The minimum absolute atomic E-state index is 0.121. The SMILES string of the molecule is O=c1cc(CN2CCCC(c3nc(-c4ccc(Cl)cc4)no3)C2)occ1O. The lowest BCUT2D eigenvalue weighted by atomic mass is 9.98. The summed E-state index contributed by atoms with van der Waals surface area (Å²) in [7, 11) is 0. The van der Waals surface area contributed by atoms with E-state index in [1.165, 1.54) is 6.07 Å². The van der Waals surface area contributed by atoms with E-state index in [1.807, 2.05) is 12.1 Å². The maximum Gasteiger partial charge on any atom is 0.231 e. The Morgan fingerprint density at radius 1 is 1.30 bits per heavy atom. The average Bonchev–Trinajstić information content (AvgIpc) is 3.16. The zero-order valence-corrected chi connectivity index (χ0v) is 15.2. The minimum atomic E-state index is -0.436. The van der Waals surface area contributed by atoms with Crippen molar-refractivity contribution in [1.82, 2.24) is 15.0 Å². The highest BCUT2D eigenvalue weighted by molar-refractivity contribution is 6.30. The van der Waals surface area contributed by atoms with E-state index in [1.54, 1.807) is 12.1 Å². The summed E-state index contributed by atoms with van der Waals surface area (Å²) in [6.45, 7) is 2.11. The van der Waals surface area contributed by atoms with Crippen molar-refractivity contribution >= 4 is 11.6 Å². The van der Waals surface area contributed by atoms with Crippen LogP contribution in [-0.2, 0) is 6.54 Å². The van der Waals surface area contributed by atoms with Gasteiger partial charge < -0.3 is 14.0 Å². The smallest absolute Gasteiger partial charge is 0.231 e. The highest BCUT2D eigenvalue weighted by atomic mass is 35.5. The molecule has 7 nitrogen and oxygen atoms in total. The molecular formula is C19H18ClN3O4. The van der Waals surface area contributed by atoms with Crippen molar-refractivity contribution < 1.29 is 14.0 Å². The van der Waals surface area contributed by atoms with Gasteiger partial charge in [0, 0.05) is 23.2 Å². The van der Waals surface area contributed by atoms with Gasteiger partial charge in [-0.1, -0.05) is 16.8 Å². The van der Waals surface area contributed by atoms with Crippen molar-refractivity contribution in [2.24, 2.45) is 0 Å². The Balaban J connectivity index is 1.46. The molecule has 1 aliphatic heterocycles. The predicted molar refractivity (Wildman–Crippen MR) is 98.6 cm³/mol. The molecule has 8 heteroatoms. The number of benzene rings is 1. The molecule has 1 unspecified atom stereocenters. The van der Waals surface area contributed by atoms with Gasteiger partial charge in [0.15, 0.2) is 5.75 Å². The van der Waals surface area contributed by atoms with Crippen LogP contribution in [0, 0.1) is 0 Å². The van der Waals surface area contributed by atoms with Crippen molar-refractivity contribution in [3.05, 3.63) is 63.5 Å². The summed E-state index contributed by atoms with van der Waals surface area (Å²) in [4.78, 5) is 18.3. The summed E-state index contributed by atoms with van der Waals surface area (Å²) in [5.74, 6) is 1.41. The fraction of sp³-hybridized carbons (Fsp3) is 0.316. The Bertz CT molecular complexity index is 983. The van der Waals surface area contributed by atoms with Crippen LogP contribution in [0.2, 0.25) is 5.02 Å². The molecule has 3 heterocycles. The molecule has 1 fully saturated rings. The minimum Gasteiger partial charge on any atom is -0.502 e. The molecule has 0 radical (unpaired) electrons. The topological polar surface area (TPSA) is 92.6 Å². The number of aromatic nitrogens is 2. The number of nitrogens with zero attached hydrogens (tertiary/aromatic N) is 3. The van der Waals surface area contributed by atoms with Crippen LogP contribution in [0.4, 0.5) is 0 Å². The predicted octanol–water partition coefficient (Wildman–Crippen LogP) is 3.43. The molecule has 0 bridgehead atoms. The Hall–Kier alpha value is -2.64. The summed E-state index contributed by atoms with van der Waals surface area (Å²) in [5, 5.41) is 14.0. The first-order valence-corrected chi connectivity index (χ1v) is 9.09. The molecule has 1 aliphatic rings. The van der Waals surface area contributed by atoms with E-state index in [2.05, 4.69) is 15.0 Å². The van der Waals surface area contributed by atoms with Crippen LogP contribution in [0.5, 0.6) is 5.75 Å². The fourth-order valence-corrected chi connectivity index (χ4v) is 3.39. The maximum absolute atomic E-state index is 11.6. The molecule has 0 amide bonds. The van der Waals surface area contributed by atoms with E-state index in [0.717, 1.165) is 37.8 Å². The highest BCUT2D eigenvalue weighted by Crippen LogP contribution is 2.28. The van der Waals surface area contributed by atoms with Gasteiger partial charge in [-0.2, -0.15) is 4.98 Å². The second-order valence-corrected chi connectivity index (χ2v) is 7.07. The Morgan fingerprint density at radius 3 is 2.89 bits per heavy atom. The monoisotopic (exact) mass is 387 g/mol. The van der Waals surface area contributed by atoms with Crippen molar-refractivity contribution in [1.29, 1.82) is 0 Å². The molecule has 4 rings (SSSR count). The van der Waals surface area contributed by atoms with Crippen molar-refractivity contribution in [2.75, 3.05) is 13.1 Å². The lowest BCUT2D eigenvalue weighted by molar-refractivity contribution is 0.168. The first kappa shape index (κ1) is 17.8. The number of halogens is 1. The quantitative estimate of drug-likeness (QED) is 0.733. The molecular weight excluding hydrogens is 370 g/mol. The van der Waals surface area contributed by atoms with Gasteiger partial charge >= 0.3 is 0 Å². The molecule has 1 N–H and O–H groups in total. The molecule has 3 aromatic rings. The van der Waals surface area contributed by atoms with E-state index in [-0.39, 0.29) is 11.7 Å². The summed E-state index contributed by atoms with van der Waals surface area (Å²) in [6.07, 6.45) is 3.01. The Morgan fingerprint density at radius 2 is 2.11 bits per heavy atom. The third-order valence-corrected chi connectivity index (χ3v) is 4.90. The second-order valence-electron chi connectivity index (χ2n) is 6.63. The molecule has 0 spiro atoms. The van der Waals surface area contributed by atoms with E-state index in [4.69, 9.17) is 20.5 Å². The van der Waals surface area contributed by atoms with E-state index in [0.29, 0.717) is 29.0 Å². The molecule has 1 aromatic carbocycles. The van der Waals surface area contributed by atoms with Crippen LogP contribution in [0.1, 0.15) is 30.4 Å². The number of rotatable bonds is 4. The van der Waals surface area contributed by atoms with Crippen LogP contribution in [0.3, 0.4) is 0 Å². The number of likely N-dealkylation sites (tertiary alicyclic amines) is 1. The average molecular weight is 388 g/mol. The maximum atomic E-state index is 11.6. The lowest BCUT2D eigenvalue weighted by Gasteiger charge is -2.30. The summed E-state index contributed by atoms with van der Waals surface area (Å²) < 4.78 is 10.8. The van der Waals surface area contributed by atoms with Crippen molar-refractivity contribution in [3.63, 3.8) is 0 Å². The Kier molecular flexibility index (Phi) is 4.96. The summed E-state index contributed by atoms with van der Waals surface area (Å²) in [6, 6.07) is 8.62. The number of piperidine rings is 1. The van der Waals surface area contributed by atoms with E-state index < -0.39 is 5.43 Å².